The van der Waals surface area contributed by atoms with Crippen molar-refractivity contribution in [3.05, 3.63) is 58.1 Å². The van der Waals surface area contributed by atoms with Gasteiger partial charge in [-0.1, -0.05) is 22.0 Å². The maximum Gasteiger partial charge on any atom is 0.129 e. The number of nitrogens with zero attached hydrogens (tertiary/aromatic N) is 1. The number of hydrogen-bond donors (Lipinski definition) is 1. The smallest absolute Gasteiger partial charge is 0.129 e. The van der Waals surface area contributed by atoms with Crippen LogP contribution in [0.1, 0.15) is 11.1 Å². The lowest BCUT2D eigenvalue weighted by molar-refractivity contribution is 0.599. The summed E-state index contributed by atoms with van der Waals surface area (Å²) in [4.78, 5) is 0. The minimum Gasteiger partial charge on any atom is -0.349 e. The lowest BCUT2D eigenvalue weighted by Gasteiger charge is -2.05. The summed E-state index contributed by atoms with van der Waals surface area (Å²) in [5.41, 5.74) is 7.23. The molecule has 0 aliphatic carbocycles. The topological polar surface area (TPSA) is 30.9 Å². The summed E-state index contributed by atoms with van der Waals surface area (Å²) >= 11 is 3.23. The monoisotopic (exact) mass is 282 g/mol. The third-order valence-electron chi connectivity index (χ3n) is 2.42. The Hall–Kier alpha value is -1.13. The quantitative estimate of drug-likeness (QED) is 0.922. The largest absolute Gasteiger partial charge is 0.349 e. The second-order valence-corrected chi connectivity index (χ2v) is 4.55. The van der Waals surface area contributed by atoms with Crippen LogP contribution >= 0.6 is 15.9 Å². The molecular formula is C12H12BrFN2. The van der Waals surface area contributed by atoms with Crippen LogP contribution in [0.3, 0.4) is 0 Å². The van der Waals surface area contributed by atoms with E-state index in [2.05, 4.69) is 15.9 Å². The molecule has 0 bridgehead atoms. The fourth-order valence-electron chi connectivity index (χ4n) is 1.56. The highest BCUT2D eigenvalue weighted by Crippen LogP contribution is 2.16. The molecule has 1 heterocycles. The Morgan fingerprint density at radius 2 is 2.12 bits per heavy atom. The predicted molar refractivity (Wildman–Crippen MR) is 65.5 cm³/mol. The Morgan fingerprint density at radius 3 is 2.75 bits per heavy atom. The van der Waals surface area contributed by atoms with Gasteiger partial charge in [0.2, 0.25) is 0 Å². The van der Waals surface area contributed by atoms with Crippen molar-refractivity contribution in [2.45, 2.75) is 13.1 Å². The molecule has 0 fully saturated rings. The molecular weight excluding hydrogens is 271 g/mol. The molecule has 0 atom stereocenters. The van der Waals surface area contributed by atoms with Crippen molar-refractivity contribution in [2.75, 3.05) is 0 Å². The van der Waals surface area contributed by atoms with Gasteiger partial charge in [0.15, 0.2) is 0 Å². The lowest BCUT2D eigenvalue weighted by atomic mass is 10.2. The molecule has 0 radical (unpaired) electrons. The van der Waals surface area contributed by atoms with Gasteiger partial charge in [0.1, 0.15) is 5.82 Å². The zero-order chi connectivity index (χ0) is 11.5. The summed E-state index contributed by atoms with van der Waals surface area (Å²) in [5, 5.41) is 0. The number of hydrogen-bond acceptors (Lipinski definition) is 1. The minimum atomic E-state index is -0.197. The first kappa shape index (κ1) is 11.4. The Balaban J connectivity index is 2.20. The molecule has 0 unspecified atom stereocenters. The summed E-state index contributed by atoms with van der Waals surface area (Å²) in [5.74, 6) is -0.197. The third kappa shape index (κ3) is 2.51. The number of aromatic nitrogens is 1. The van der Waals surface area contributed by atoms with Gasteiger partial charge in [-0.15, -0.1) is 0 Å². The van der Waals surface area contributed by atoms with E-state index in [1.165, 1.54) is 6.07 Å². The average Bonchev–Trinajstić information content (AvgIpc) is 2.70. The number of benzene rings is 1. The molecule has 2 N–H and O–H groups in total. The molecule has 1 aromatic heterocycles. The van der Waals surface area contributed by atoms with Crippen LogP contribution in [0, 0.1) is 5.82 Å². The highest BCUT2D eigenvalue weighted by Gasteiger charge is 2.03. The van der Waals surface area contributed by atoms with E-state index in [-0.39, 0.29) is 5.82 Å². The number of rotatable bonds is 3. The van der Waals surface area contributed by atoms with Crippen LogP contribution in [0.2, 0.25) is 0 Å². The fraction of sp³-hybridized carbons (Fsp3) is 0.167. The molecule has 0 saturated heterocycles. The van der Waals surface area contributed by atoms with E-state index >= 15 is 0 Å². The van der Waals surface area contributed by atoms with Crippen molar-refractivity contribution in [3.8, 4) is 0 Å². The van der Waals surface area contributed by atoms with Gasteiger partial charge in [0.25, 0.3) is 0 Å². The van der Waals surface area contributed by atoms with Gasteiger partial charge >= 0.3 is 0 Å². The Bertz CT molecular complexity index is 494. The van der Waals surface area contributed by atoms with Gasteiger partial charge in [0.05, 0.1) is 0 Å². The van der Waals surface area contributed by atoms with Gasteiger partial charge in [-0.25, -0.2) is 4.39 Å². The predicted octanol–water partition coefficient (Wildman–Crippen LogP) is 2.90. The van der Waals surface area contributed by atoms with Crippen LogP contribution in [0.4, 0.5) is 4.39 Å². The lowest BCUT2D eigenvalue weighted by Crippen LogP contribution is -2.00. The molecule has 4 heteroatoms. The minimum absolute atomic E-state index is 0.197. The normalized spacial score (nSPS) is 10.7. The van der Waals surface area contributed by atoms with Crippen molar-refractivity contribution in [2.24, 2.45) is 5.73 Å². The zero-order valence-electron chi connectivity index (χ0n) is 8.66. The summed E-state index contributed by atoms with van der Waals surface area (Å²) in [6, 6.07) is 7.03. The molecule has 0 spiro atoms. The van der Waals surface area contributed by atoms with E-state index < -0.39 is 0 Å². The van der Waals surface area contributed by atoms with Crippen molar-refractivity contribution in [1.29, 1.82) is 0 Å². The van der Waals surface area contributed by atoms with E-state index in [9.17, 15) is 4.39 Å². The van der Waals surface area contributed by atoms with E-state index in [0.717, 1.165) is 10.0 Å². The van der Waals surface area contributed by atoms with E-state index in [0.29, 0.717) is 18.7 Å². The fourth-order valence-corrected chi connectivity index (χ4v) is 1.89. The van der Waals surface area contributed by atoms with Crippen LogP contribution in [0.15, 0.2) is 41.1 Å². The SMILES string of the molecule is NCc1ccn(Cc2ccc(Br)cc2F)c1. The van der Waals surface area contributed by atoms with Gasteiger partial charge in [-0.05, 0) is 23.8 Å². The summed E-state index contributed by atoms with van der Waals surface area (Å²) in [6.07, 6.45) is 3.84. The van der Waals surface area contributed by atoms with Crippen LogP contribution in [-0.4, -0.2) is 4.57 Å². The molecule has 16 heavy (non-hydrogen) atoms. The van der Waals surface area contributed by atoms with Gasteiger partial charge < -0.3 is 10.3 Å². The summed E-state index contributed by atoms with van der Waals surface area (Å²) < 4.78 is 16.2. The Kier molecular flexibility index (Phi) is 3.41. The van der Waals surface area contributed by atoms with Crippen LogP contribution in [-0.2, 0) is 13.1 Å². The number of nitrogens with two attached hydrogens (primary N) is 1. The molecule has 0 aliphatic rings. The first-order valence-electron chi connectivity index (χ1n) is 4.97. The highest BCUT2D eigenvalue weighted by molar-refractivity contribution is 9.10. The molecule has 84 valence electrons. The Labute approximate surface area is 102 Å². The standard InChI is InChI=1S/C12H12BrFN2/c13-11-2-1-10(12(14)5-11)8-16-4-3-9(6-15)7-16/h1-5,7H,6,8,15H2. The highest BCUT2D eigenvalue weighted by atomic mass is 79.9. The molecule has 0 amide bonds. The van der Waals surface area contributed by atoms with E-state index in [1.807, 2.05) is 29.1 Å². The first-order valence-corrected chi connectivity index (χ1v) is 5.77. The number of halogens is 2. The second-order valence-electron chi connectivity index (χ2n) is 3.63. The maximum atomic E-state index is 13.6. The first-order chi connectivity index (χ1) is 7.69. The molecule has 2 aromatic rings. The summed E-state index contributed by atoms with van der Waals surface area (Å²) in [6.45, 7) is 1.04. The molecule has 0 saturated carbocycles. The van der Waals surface area contributed by atoms with Crippen molar-refractivity contribution < 1.29 is 4.39 Å². The van der Waals surface area contributed by atoms with E-state index in [4.69, 9.17) is 5.73 Å². The molecule has 2 rings (SSSR count). The molecule has 0 aliphatic heterocycles. The van der Waals surface area contributed by atoms with Gasteiger partial charge in [-0.2, -0.15) is 0 Å². The third-order valence-corrected chi connectivity index (χ3v) is 2.91. The van der Waals surface area contributed by atoms with Crippen molar-refractivity contribution in [1.82, 2.24) is 4.57 Å². The van der Waals surface area contributed by atoms with Crippen molar-refractivity contribution >= 4 is 15.9 Å². The maximum absolute atomic E-state index is 13.6. The van der Waals surface area contributed by atoms with E-state index in [1.54, 1.807) is 6.07 Å². The van der Waals surface area contributed by atoms with Crippen LogP contribution in [0.5, 0.6) is 0 Å². The zero-order valence-corrected chi connectivity index (χ0v) is 10.2. The van der Waals surface area contributed by atoms with Crippen LogP contribution in [0.25, 0.3) is 0 Å². The average molecular weight is 283 g/mol. The Morgan fingerprint density at radius 1 is 1.31 bits per heavy atom. The van der Waals surface area contributed by atoms with Gasteiger partial charge in [0, 0.05) is 35.5 Å². The summed E-state index contributed by atoms with van der Waals surface area (Å²) in [7, 11) is 0. The molecule has 2 nitrogen and oxygen atoms in total. The van der Waals surface area contributed by atoms with Crippen molar-refractivity contribution in [3.63, 3.8) is 0 Å². The molecule has 1 aromatic carbocycles. The van der Waals surface area contributed by atoms with Crippen LogP contribution < -0.4 is 5.73 Å². The van der Waals surface area contributed by atoms with Gasteiger partial charge in [-0.3, -0.25) is 0 Å². The second kappa shape index (κ2) is 4.80.